The number of aromatic nitrogens is 2. The number of carbonyl (C=O) groups is 1. The fourth-order valence-electron chi connectivity index (χ4n) is 0.769. The van der Waals surface area contributed by atoms with Gasteiger partial charge in [0.1, 0.15) is 0 Å². The molecule has 60 valence electrons. The molecule has 11 heavy (non-hydrogen) atoms. The van der Waals surface area contributed by atoms with Crippen molar-refractivity contribution in [1.82, 2.24) is 9.78 Å². The second kappa shape index (κ2) is 3.21. The van der Waals surface area contributed by atoms with Gasteiger partial charge in [-0.05, 0) is 22.6 Å². The van der Waals surface area contributed by atoms with Gasteiger partial charge in [0.15, 0.2) is 0 Å². The van der Waals surface area contributed by atoms with Crippen molar-refractivity contribution in [3.63, 3.8) is 0 Å². The molecule has 0 saturated carbocycles. The molecule has 0 fully saturated rings. The largest absolute Gasteiger partial charge is 0.481 e. The molecule has 1 heterocycles. The maximum Gasteiger partial charge on any atom is 0.309 e. The summed E-state index contributed by atoms with van der Waals surface area (Å²) in [6.45, 7) is 0. The molecular formula is C6H7IN2O2. The maximum atomic E-state index is 10.3. The first-order chi connectivity index (χ1) is 5.09. The van der Waals surface area contributed by atoms with Gasteiger partial charge in [-0.2, -0.15) is 5.10 Å². The molecule has 0 unspecified atom stereocenters. The minimum absolute atomic E-state index is 0.000880. The van der Waals surface area contributed by atoms with Crippen LogP contribution in [0.5, 0.6) is 0 Å². The summed E-state index contributed by atoms with van der Waals surface area (Å²) in [5.41, 5.74) is 0.626. The molecule has 0 bridgehead atoms. The van der Waals surface area contributed by atoms with Crippen molar-refractivity contribution >= 4 is 28.6 Å². The van der Waals surface area contributed by atoms with Crippen molar-refractivity contribution in [2.24, 2.45) is 7.05 Å². The average Bonchev–Trinajstić information content (AvgIpc) is 2.09. The van der Waals surface area contributed by atoms with Gasteiger partial charge in [-0.3, -0.25) is 9.48 Å². The maximum absolute atomic E-state index is 10.3. The molecule has 0 radical (unpaired) electrons. The SMILES string of the molecule is Cn1cc(I)c(CC(=O)O)n1. The van der Waals surface area contributed by atoms with Crippen molar-refractivity contribution in [3.8, 4) is 0 Å². The van der Waals surface area contributed by atoms with E-state index in [1.54, 1.807) is 17.9 Å². The van der Waals surface area contributed by atoms with Gasteiger partial charge in [0.2, 0.25) is 0 Å². The molecule has 0 aliphatic carbocycles. The molecule has 5 heteroatoms. The second-order valence-electron chi connectivity index (χ2n) is 2.17. The Kier molecular flexibility index (Phi) is 2.48. The zero-order valence-electron chi connectivity index (χ0n) is 5.91. The van der Waals surface area contributed by atoms with Gasteiger partial charge in [0.25, 0.3) is 0 Å². The van der Waals surface area contributed by atoms with Crippen LogP contribution < -0.4 is 0 Å². The van der Waals surface area contributed by atoms with E-state index in [1.807, 2.05) is 0 Å². The highest BCUT2D eigenvalue weighted by molar-refractivity contribution is 14.1. The third-order valence-electron chi connectivity index (χ3n) is 1.17. The van der Waals surface area contributed by atoms with Gasteiger partial charge in [0.05, 0.1) is 15.7 Å². The molecule has 1 aromatic rings. The highest BCUT2D eigenvalue weighted by Gasteiger charge is 2.08. The highest BCUT2D eigenvalue weighted by Crippen LogP contribution is 2.09. The molecule has 0 saturated heterocycles. The first-order valence-corrected chi connectivity index (χ1v) is 4.07. The normalized spacial score (nSPS) is 10.0. The first kappa shape index (κ1) is 8.51. The number of hydrogen-bond donors (Lipinski definition) is 1. The molecule has 1 aromatic heterocycles. The lowest BCUT2D eigenvalue weighted by Crippen LogP contribution is -2.02. The van der Waals surface area contributed by atoms with E-state index in [0.29, 0.717) is 5.69 Å². The lowest BCUT2D eigenvalue weighted by atomic mass is 10.3. The molecule has 0 aliphatic heterocycles. The van der Waals surface area contributed by atoms with E-state index >= 15 is 0 Å². The number of carboxylic acids is 1. The molecule has 0 spiro atoms. The average molecular weight is 266 g/mol. The summed E-state index contributed by atoms with van der Waals surface area (Å²) in [4.78, 5) is 10.3. The van der Waals surface area contributed by atoms with Crippen molar-refractivity contribution in [2.45, 2.75) is 6.42 Å². The van der Waals surface area contributed by atoms with Crippen molar-refractivity contribution < 1.29 is 9.90 Å². The number of hydrogen-bond acceptors (Lipinski definition) is 2. The van der Waals surface area contributed by atoms with E-state index in [9.17, 15) is 4.79 Å². The van der Waals surface area contributed by atoms with Gasteiger partial charge < -0.3 is 5.11 Å². The third kappa shape index (κ3) is 2.18. The van der Waals surface area contributed by atoms with E-state index in [0.717, 1.165) is 3.57 Å². The number of aliphatic carboxylic acids is 1. The Hall–Kier alpha value is -0.590. The quantitative estimate of drug-likeness (QED) is 0.800. The van der Waals surface area contributed by atoms with Gasteiger partial charge in [-0.25, -0.2) is 0 Å². The van der Waals surface area contributed by atoms with Crippen LogP contribution in [0.3, 0.4) is 0 Å². The Morgan fingerprint density at radius 2 is 2.55 bits per heavy atom. The monoisotopic (exact) mass is 266 g/mol. The van der Waals surface area contributed by atoms with Gasteiger partial charge in [0, 0.05) is 13.2 Å². The molecular weight excluding hydrogens is 259 g/mol. The van der Waals surface area contributed by atoms with Crippen LogP contribution in [-0.4, -0.2) is 20.9 Å². The summed E-state index contributed by atoms with van der Waals surface area (Å²) < 4.78 is 2.51. The van der Waals surface area contributed by atoms with Crippen LogP contribution in [0.1, 0.15) is 5.69 Å². The molecule has 0 amide bonds. The predicted molar refractivity (Wildman–Crippen MR) is 47.3 cm³/mol. The number of rotatable bonds is 2. The summed E-state index contributed by atoms with van der Waals surface area (Å²) in [5.74, 6) is -0.846. The Balaban J connectivity index is 2.85. The summed E-state index contributed by atoms with van der Waals surface area (Å²) >= 11 is 2.07. The van der Waals surface area contributed by atoms with Crippen molar-refractivity contribution in [3.05, 3.63) is 15.5 Å². The van der Waals surface area contributed by atoms with Crippen LogP contribution in [0.25, 0.3) is 0 Å². The van der Waals surface area contributed by atoms with E-state index in [-0.39, 0.29) is 6.42 Å². The summed E-state index contributed by atoms with van der Waals surface area (Å²) in [5, 5.41) is 12.4. The van der Waals surface area contributed by atoms with Crippen LogP contribution >= 0.6 is 22.6 Å². The molecule has 1 N–H and O–H groups in total. The predicted octanol–water partition coefficient (Wildman–Crippen LogP) is 0.652. The van der Waals surface area contributed by atoms with Crippen LogP contribution in [0.2, 0.25) is 0 Å². The van der Waals surface area contributed by atoms with Crippen LogP contribution in [0.4, 0.5) is 0 Å². The number of aryl methyl sites for hydroxylation is 1. The molecule has 4 nitrogen and oxygen atoms in total. The Bertz CT molecular complexity index is 282. The summed E-state index contributed by atoms with van der Waals surface area (Å²) in [6, 6.07) is 0. The number of halogens is 1. The minimum atomic E-state index is -0.846. The fourth-order valence-corrected chi connectivity index (χ4v) is 1.47. The highest BCUT2D eigenvalue weighted by atomic mass is 127. The number of carboxylic acid groups (broad SMARTS) is 1. The standard InChI is InChI=1S/C6H7IN2O2/c1-9-3-4(7)5(8-9)2-6(10)11/h3H,2H2,1H3,(H,10,11). The van der Waals surface area contributed by atoms with Gasteiger partial charge in [-0.1, -0.05) is 0 Å². The van der Waals surface area contributed by atoms with Gasteiger partial charge >= 0.3 is 5.97 Å². The number of nitrogens with zero attached hydrogens (tertiary/aromatic N) is 2. The fraction of sp³-hybridized carbons (Fsp3) is 0.333. The van der Waals surface area contributed by atoms with Crippen LogP contribution in [0.15, 0.2) is 6.20 Å². The Morgan fingerprint density at radius 3 is 2.91 bits per heavy atom. The molecule has 0 aliphatic rings. The van der Waals surface area contributed by atoms with Crippen molar-refractivity contribution in [2.75, 3.05) is 0 Å². The first-order valence-electron chi connectivity index (χ1n) is 2.99. The van der Waals surface area contributed by atoms with E-state index in [1.165, 1.54) is 0 Å². The van der Waals surface area contributed by atoms with Crippen LogP contribution in [0, 0.1) is 3.57 Å². The minimum Gasteiger partial charge on any atom is -0.481 e. The van der Waals surface area contributed by atoms with Gasteiger partial charge in [-0.15, -0.1) is 0 Å². The van der Waals surface area contributed by atoms with E-state index in [4.69, 9.17) is 5.11 Å². The summed E-state index contributed by atoms with van der Waals surface area (Å²) in [7, 11) is 1.77. The third-order valence-corrected chi connectivity index (χ3v) is 2.07. The lowest BCUT2D eigenvalue weighted by molar-refractivity contribution is -0.136. The zero-order chi connectivity index (χ0) is 8.43. The summed E-state index contributed by atoms with van der Waals surface area (Å²) in [6.07, 6.45) is 1.79. The molecule has 0 aromatic carbocycles. The smallest absolute Gasteiger partial charge is 0.309 e. The van der Waals surface area contributed by atoms with Crippen LogP contribution in [-0.2, 0) is 18.3 Å². The van der Waals surface area contributed by atoms with E-state index < -0.39 is 5.97 Å². The Labute approximate surface area is 77.4 Å². The zero-order valence-corrected chi connectivity index (χ0v) is 8.07. The second-order valence-corrected chi connectivity index (χ2v) is 3.33. The molecule has 1 rings (SSSR count). The lowest BCUT2D eigenvalue weighted by Gasteiger charge is -1.88. The van der Waals surface area contributed by atoms with Crippen molar-refractivity contribution in [1.29, 1.82) is 0 Å². The molecule has 0 atom stereocenters. The Morgan fingerprint density at radius 1 is 1.91 bits per heavy atom. The topological polar surface area (TPSA) is 55.1 Å². The van der Waals surface area contributed by atoms with E-state index in [2.05, 4.69) is 27.7 Å².